The van der Waals surface area contributed by atoms with E-state index in [2.05, 4.69) is 34.7 Å². The minimum Gasteiger partial charge on any atom is -0.295 e. The smallest absolute Gasteiger partial charge is 0.132 e. The summed E-state index contributed by atoms with van der Waals surface area (Å²) in [7, 11) is 0. The predicted octanol–water partition coefficient (Wildman–Crippen LogP) is 5.29. The highest BCUT2D eigenvalue weighted by atomic mass is 35.5. The predicted molar refractivity (Wildman–Crippen MR) is 85.1 cm³/mol. The van der Waals surface area contributed by atoms with Crippen molar-refractivity contribution in [2.24, 2.45) is 0 Å². The lowest BCUT2D eigenvalue weighted by Gasteiger charge is -2.11. The first-order chi connectivity index (χ1) is 9.58. The van der Waals surface area contributed by atoms with Crippen LogP contribution in [0.2, 0.25) is 5.02 Å². The van der Waals surface area contributed by atoms with Crippen LogP contribution in [0.1, 0.15) is 23.7 Å². The van der Waals surface area contributed by atoms with E-state index < -0.39 is 0 Å². The summed E-state index contributed by atoms with van der Waals surface area (Å²) in [6, 6.07) is 14.1. The Morgan fingerprint density at radius 3 is 2.60 bits per heavy atom. The van der Waals surface area contributed by atoms with Crippen molar-refractivity contribution >= 4 is 34.2 Å². The van der Waals surface area contributed by atoms with E-state index >= 15 is 0 Å². The van der Waals surface area contributed by atoms with Gasteiger partial charge in [0.1, 0.15) is 11.3 Å². The molecule has 0 N–H and O–H groups in total. The third kappa shape index (κ3) is 2.19. The van der Waals surface area contributed by atoms with Gasteiger partial charge in [0.2, 0.25) is 0 Å². The second-order valence-electron chi connectivity index (χ2n) is 4.87. The molecule has 0 saturated carbocycles. The molecule has 20 heavy (non-hydrogen) atoms. The van der Waals surface area contributed by atoms with Gasteiger partial charge in [-0.25, -0.2) is 4.98 Å². The van der Waals surface area contributed by atoms with Gasteiger partial charge >= 0.3 is 0 Å². The summed E-state index contributed by atoms with van der Waals surface area (Å²) in [4.78, 5) is 4.62. The van der Waals surface area contributed by atoms with Gasteiger partial charge in [-0.15, -0.1) is 11.6 Å². The van der Waals surface area contributed by atoms with E-state index in [4.69, 9.17) is 23.2 Å². The van der Waals surface area contributed by atoms with Crippen LogP contribution in [0.3, 0.4) is 0 Å². The average Bonchev–Trinajstić information content (AvgIpc) is 2.80. The third-order valence-electron chi connectivity index (χ3n) is 3.28. The Labute approximate surface area is 128 Å². The minimum absolute atomic E-state index is 0.195. The first-order valence-corrected chi connectivity index (χ1v) is 7.27. The Balaban J connectivity index is 2.38. The molecule has 0 aliphatic heterocycles. The maximum atomic E-state index is 6.30. The molecule has 0 aliphatic carbocycles. The molecule has 1 aromatic heterocycles. The van der Waals surface area contributed by atoms with Crippen LogP contribution in [0.4, 0.5) is 0 Å². The highest BCUT2D eigenvalue weighted by molar-refractivity contribution is 6.35. The van der Waals surface area contributed by atoms with E-state index in [9.17, 15) is 0 Å². The molecule has 0 radical (unpaired) electrons. The van der Waals surface area contributed by atoms with Gasteiger partial charge < -0.3 is 0 Å². The summed E-state index contributed by atoms with van der Waals surface area (Å²) in [5.74, 6) is 0.806. The average molecular weight is 305 g/mol. The van der Waals surface area contributed by atoms with Gasteiger partial charge in [-0.1, -0.05) is 29.8 Å². The Bertz CT molecular complexity index is 775. The fraction of sp³-hybridized carbons (Fsp3) is 0.188. The number of alkyl halides is 1. The summed E-state index contributed by atoms with van der Waals surface area (Å²) in [5, 5.41) is 0.450. The van der Waals surface area contributed by atoms with Crippen LogP contribution >= 0.6 is 23.2 Å². The molecule has 0 amide bonds. The summed E-state index contributed by atoms with van der Waals surface area (Å²) in [6.45, 7) is 3.99. The van der Waals surface area contributed by atoms with Crippen LogP contribution < -0.4 is 0 Å². The molecule has 0 aliphatic rings. The molecular weight excluding hydrogens is 291 g/mol. The van der Waals surface area contributed by atoms with E-state index in [0.717, 1.165) is 22.5 Å². The molecule has 0 saturated heterocycles. The zero-order valence-electron chi connectivity index (χ0n) is 11.3. The van der Waals surface area contributed by atoms with Crippen LogP contribution in [0.5, 0.6) is 0 Å². The molecule has 1 atom stereocenters. The molecule has 2 aromatic carbocycles. The lowest BCUT2D eigenvalue weighted by atomic mass is 10.2. The van der Waals surface area contributed by atoms with Gasteiger partial charge in [0.25, 0.3) is 0 Å². The fourth-order valence-corrected chi connectivity index (χ4v) is 2.75. The summed E-state index contributed by atoms with van der Waals surface area (Å²) < 4.78 is 2.08. The molecule has 0 spiro atoms. The largest absolute Gasteiger partial charge is 0.295 e. The first-order valence-electron chi connectivity index (χ1n) is 6.46. The first kappa shape index (κ1) is 13.5. The number of nitrogens with zero attached hydrogens (tertiary/aromatic N) is 2. The minimum atomic E-state index is -0.195. The molecule has 3 rings (SSSR count). The van der Waals surface area contributed by atoms with Crippen molar-refractivity contribution in [3.8, 4) is 5.69 Å². The Morgan fingerprint density at radius 1 is 1.15 bits per heavy atom. The summed E-state index contributed by atoms with van der Waals surface area (Å²) in [6.07, 6.45) is 0. The van der Waals surface area contributed by atoms with Gasteiger partial charge in [0, 0.05) is 5.69 Å². The van der Waals surface area contributed by atoms with Crippen molar-refractivity contribution in [2.75, 3.05) is 0 Å². The number of aromatic nitrogens is 2. The number of halogens is 2. The van der Waals surface area contributed by atoms with E-state index in [1.54, 1.807) is 0 Å². The van der Waals surface area contributed by atoms with Gasteiger partial charge in [0.05, 0.1) is 15.9 Å². The Hall–Kier alpha value is -1.51. The standard InChI is InChI=1S/C16H14Cl2N2/c1-10-5-3-6-12(9-10)20-14-8-4-7-13(18)15(14)19-16(20)11(2)17/h3-9,11H,1-2H3. The van der Waals surface area contributed by atoms with Crippen molar-refractivity contribution < 1.29 is 0 Å². The second kappa shape index (κ2) is 5.12. The van der Waals surface area contributed by atoms with E-state index in [1.165, 1.54) is 5.56 Å². The number of aryl methyl sites for hydroxylation is 1. The molecule has 1 unspecified atom stereocenters. The normalized spacial score (nSPS) is 12.8. The van der Waals surface area contributed by atoms with Gasteiger partial charge in [-0.2, -0.15) is 0 Å². The molecule has 1 heterocycles. The van der Waals surface area contributed by atoms with E-state index in [0.29, 0.717) is 5.02 Å². The number of fused-ring (bicyclic) bond motifs is 1. The van der Waals surface area contributed by atoms with Crippen molar-refractivity contribution in [1.82, 2.24) is 9.55 Å². The number of hydrogen-bond acceptors (Lipinski definition) is 1. The third-order valence-corrected chi connectivity index (χ3v) is 3.78. The van der Waals surface area contributed by atoms with Crippen molar-refractivity contribution in [3.63, 3.8) is 0 Å². The zero-order valence-corrected chi connectivity index (χ0v) is 12.8. The van der Waals surface area contributed by atoms with Crippen molar-refractivity contribution in [1.29, 1.82) is 0 Å². The monoisotopic (exact) mass is 304 g/mol. The van der Waals surface area contributed by atoms with Gasteiger partial charge in [-0.05, 0) is 43.7 Å². The molecular formula is C16H14Cl2N2. The SMILES string of the molecule is Cc1cccc(-n2c(C(C)Cl)nc3c(Cl)cccc32)c1. The van der Waals surface area contributed by atoms with Crippen LogP contribution in [-0.4, -0.2) is 9.55 Å². The summed E-state index contributed by atoms with van der Waals surface area (Å²) in [5.41, 5.74) is 4.01. The zero-order chi connectivity index (χ0) is 14.3. The van der Waals surface area contributed by atoms with Crippen molar-refractivity contribution in [3.05, 3.63) is 58.9 Å². The van der Waals surface area contributed by atoms with Gasteiger partial charge in [0.15, 0.2) is 0 Å². The number of para-hydroxylation sites is 1. The summed E-state index contributed by atoms with van der Waals surface area (Å²) >= 11 is 12.5. The quantitative estimate of drug-likeness (QED) is 0.588. The van der Waals surface area contributed by atoms with Gasteiger partial charge in [-0.3, -0.25) is 4.57 Å². The topological polar surface area (TPSA) is 17.8 Å². The number of imidazole rings is 1. The lowest BCUT2D eigenvalue weighted by Crippen LogP contribution is -2.02. The highest BCUT2D eigenvalue weighted by Crippen LogP contribution is 2.31. The van der Waals surface area contributed by atoms with E-state index in [1.807, 2.05) is 31.2 Å². The Kier molecular flexibility index (Phi) is 3.45. The van der Waals surface area contributed by atoms with Crippen LogP contribution in [-0.2, 0) is 0 Å². The van der Waals surface area contributed by atoms with Crippen LogP contribution in [0.15, 0.2) is 42.5 Å². The molecule has 2 nitrogen and oxygen atoms in total. The van der Waals surface area contributed by atoms with E-state index in [-0.39, 0.29) is 5.38 Å². The molecule has 4 heteroatoms. The number of hydrogen-bond donors (Lipinski definition) is 0. The Morgan fingerprint density at radius 2 is 1.90 bits per heavy atom. The fourth-order valence-electron chi connectivity index (χ4n) is 2.39. The number of rotatable bonds is 2. The molecule has 0 bridgehead atoms. The number of benzene rings is 2. The molecule has 102 valence electrons. The lowest BCUT2D eigenvalue weighted by molar-refractivity contribution is 0.882. The maximum Gasteiger partial charge on any atom is 0.132 e. The van der Waals surface area contributed by atoms with Crippen LogP contribution in [0, 0.1) is 6.92 Å². The van der Waals surface area contributed by atoms with Crippen molar-refractivity contribution in [2.45, 2.75) is 19.2 Å². The second-order valence-corrected chi connectivity index (χ2v) is 5.93. The molecule has 0 fully saturated rings. The highest BCUT2D eigenvalue weighted by Gasteiger charge is 2.17. The molecule has 3 aromatic rings. The van der Waals surface area contributed by atoms with Crippen LogP contribution in [0.25, 0.3) is 16.7 Å². The maximum absolute atomic E-state index is 6.30.